The standard InChI is InChI=1S/C17H13ClN4O/c18-14-4-5-16-21-15(11-22(16)10-14)6-7-20-17(23)13-3-1-2-12(8-13)9-19/h1-5,8,10-11H,6-7H2,(H,20,23). The van der Waals surface area contributed by atoms with Crippen LogP contribution in [-0.4, -0.2) is 21.8 Å². The number of hydrogen-bond donors (Lipinski definition) is 1. The normalized spacial score (nSPS) is 10.4. The number of nitrogens with one attached hydrogen (secondary N) is 1. The van der Waals surface area contributed by atoms with Gasteiger partial charge in [0.2, 0.25) is 0 Å². The molecule has 0 fully saturated rings. The molecule has 0 saturated heterocycles. The molecule has 6 heteroatoms. The van der Waals surface area contributed by atoms with Crippen molar-refractivity contribution in [3.05, 3.63) is 70.6 Å². The Balaban J connectivity index is 1.61. The average molecular weight is 325 g/mol. The maximum atomic E-state index is 12.1. The second-order valence-electron chi connectivity index (χ2n) is 5.04. The third-order valence-electron chi connectivity index (χ3n) is 3.39. The third-order valence-corrected chi connectivity index (χ3v) is 3.61. The number of aromatic nitrogens is 2. The predicted octanol–water partition coefficient (Wildman–Crippen LogP) is 2.83. The first-order chi connectivity index (χ1) is 11.2. The van der Waals surface area contributed by atoms with Crippen LogP contribution in [0.25, 0.3) is 5.65 Å². The highest BCUT2D eigenvalue weighted by molar-refractivity contribution is 6.30. The number of carbonyl (C=O) groups is 1. The quantitative estimate of drug-likeness (QED) is 0.802. The Kier molecular flexibility index (Phi) is 4.26. The van der Waals surface area contributed by atoms with Crippen molar-refractivity contribution in [2.75, 3.05) is 6.54 Å². The van der Waals surface area contributed by atoms with Crippen molar-refractivity contribution in [3.63, 3.8) is 0 Å². The largest absolute Gasteiger partial charge is 0.352 e. The first-order valence-electron chi connectivity index (χ1n) is 7.07. The van der Waals surface area contributed by atoms with E-state index >= 15 is 0 Å². The van der Waals surface area contributed by atoms with Crippen LogP contribution in [0.3, 0.4) is 0 Å². The number of rotatable bonds is 4. The monoisotopic (exact) mass is 324 g/mol. The van der Waals surface area contributed by atoms with E-state index in [9.17, 15) is 4.79 Å². The molecule has 0 saturated carbocycles. The summed E-state index contributed by atoms with van der Waals surface area (Å²) in [5.41, 5.74) is 2.64. The molecule has 3 rings (SSSR count). The van der Waals surface area contributed by atoms with Crippen LogP contribution in [-0.2, 0) is 6.42 Å². The third kappa shape index (κ3) is 3.50. The number of fused-ring (bicyclic) bond motifs is 1. The van der Waals surface area contributed by atoms with Crippen molar-refractivity contribution in [1.82, 2.24) is 14.7 Å². The summed E-state index contributed by atoms with van der Waals surface area (Å²) >= 11 is 5.94. The van der Waals surface area contributed by atoms with Gasteiger partial charge in [0, 0.05) is 30.9 Å². The number of nitrogens with zero attached hydrogens (tertiary/aromatic N) is 3. The molecule has 0 radical (unpaired) electrons. The Morgan fingerprint density at radius 2 is 2.17 bits per heavy atom. The number of nitriles is 1. The molecule has 0 spiro atoms. The number of imidazole rings is 1. The van der Waals surface area contributed by atoms with Crippen LogP contribution in [0, 0.1) is 11.3 Å². The molecular weight excluding hydrogens is 312 g/mol. The molecule has 0 bridgehead atoms. The second-order valence-corrected chi connectivity index (χ2v) is 5.48. The minimum Gasteiger partial charge on any atom is -0.352 e. The van der Waals surface area contributed by atoms with Crippen molar-refractivity contribution in [2.45, 2.75) is 6.42 Å². The lowest BCUT2D eigenvalue weighted by molar-refractivity contribution is 0.0954. The van der Waals surface area contributed by atoms with Gasteiger partial charge in [0.05, 0.1) is 22.3 Å². The summed E-state index contributed by atoms with van der Waals surface area (Å²) in [6, 6.07) is 12.3. The van der Waals surface area contributed by atoms with E-state index in [0.29, 0.717) is 29.1 Å². The van der Waals surface area contributed by atoms with E-state index in [4.69, 9.17) is 16.9 Å². The first kappa shape index (κ1) is 15.1. The minimum atomic E-state index is -0.200. The molecule has 0 unspecified atom stereocenters. The summed E-state index contributed by atoms with van der Waals surface area (Å²) in [6.45, 7) is 0.466. The minimum absolute atomic E-state index is 0.200. The van der Waals surface area contributed by atoms with Gasteiger partial charge in [-0.05, 0) is 30.3 Å². The topological polar surface area (TPSA) is 70.2 Å². The summed E-state index contributed by atoms with van der Waals surface area (Å²) in [4.78, 5) is 16.5. The van der Waals surface area contributed by atoms with E-state index in [1.54, 1.807) is 36.5 Å². The van der Waals surface area contributed by atoms with Crippen LogP contribution in [0.5, 0.6) is 0 Å². The SMILES string of the molecule is N#Cc1cccc(C(=O)NCCc2cn3cc(Cl)ccc3n2)c1. The highest BCUT2D eigenvalue weighted by Crippen LogP contribution is 2.12. The van der Waals surface area contributed by atoms with Crippen LogP contribution >= 0.6 is 11.6 Å². The summed E-state index contributed by atoms with van der Waals surface area (Å²) in [7, 11) is 0. The van der Waals surface area contributed by atoms with E-state index in [0.717, 1.165) is 11.3 Å². The van der Waals surface area contributed by atoms with Gasteiger partial charge in [0.25, 0.3) is 5.91 Å². The smallest absolute Gasteiger partial charge is 0.251 e. The number of carbonyl (C=O) groups excluding carboxylic acids is 1. The fourth-order valence-corrected chi connectivity index (χ4v) is 2.44. The number of pyridine rings is 1. The summed E-state index contributed by atoms with van der Waals surface area (Å²) in [6.07, 6.45) is 4.30. The van der Waals surface area contributed by atoms with E-state index < -0.39 is 0 Å². The molecule has 114 valence electrons. The highest BCUT2D eigenvalue weighted by atomic mass is 35.5. The zero-order chi connectivity index (χ0) is 16.2. The number of benzene rings is 1. The fourth-order valence-electron chi connectivity index (χ4n) is 2.27. The Hall–Kier alpha value is -2.84. The molecule has 0 aliphatic heterocycles. The zero-order valence-corrected chi connectivity index (χ0v) is 12.9. The van der Waals surface area contributed by atoms with Crippen molar-refractivity contribution < 1.29 is 4.79 Å². The van der Waals surface area contributed by atoms with Crippen LogP contribution < -0.4 is 5.32 Å². The van der Waals surface area contributed by atoms with Gasteiger partial charge in [0.1, 0.15) is 5.65 Å². The summed E-state index contributed by atoms with van der Waals surface area (Å²) in [5, 5.41) is 12.3. The number of hydrogen-bond acceptors (Lipinski definition) is 3. The van der Waals surface area contributed by atoms with Gasteiger partial charge in [0.15, 0.2) is 0 Å². The molecule has 1 N–H and O–H groups in total. The lowest BCUT2D eigenvalue weighted by Crippen LogP contribution is -2.25. The Morgan fingerprint density at radius 3 is 3.00 bits per heavy atom. The summed E-state index contributed by atoms with van der Waals surface area (Å²) < 4.78 is 1.86. The van der Waals surface area contributed by atoms with Crippen molar-refractivity contribution >= 4 is 23.2 Å². The Labute approximate surface area is 138 Å². The van der Waals surface area contributed by atoms with Crippen molar-refractivity contribution in [3.8, 4) is 6.07 Å². The molecule has 0 aliphatic carbocycles. The molecule has 23 heavy (non-hydrogen) atoms. The molecule has 2 heterocycles. The van der Waals surface area contributed by atoms with Crippen molar-refractivity contribution in [2.24, 2.45) is 0 Å². The van der Waals surface area contributed by atoms with Gasteiger partial charge in [-0.1, -0.05) is 17.7 Å². The molecule has 3 aromatic rings. The van der Waals surface area contributed by atoms with E-state index in [1.165, 1.54) is 0 Å². The molecule has 0 atom stereocenters. The van der Waals surface area contributed by atoms with Crippen LogP contribution in [0.4, 0.5) is 0 Å². The van der Waals surface area contributed by atoms with Gasteiger partial charge in [-0.3, -0.25) is 4.79 Å². The van der Waals surface area contributed by atoms with Crippen molar-refractivity contribution in [1.29, 1.82) is 5.26 Å². The predicted molar refractivity (Wildman–Crippen MR) is 87.4 cm³/mol. The maximum absolute atomic E-state index is 12.1. The van der Waals surface area contributed by atoms with Gasteiger partial charge < -0.3 is 9.72 Å². The molecule has 1 aromatic carbocycles. The Morgan fingerprint density at radius 1 is 1.30 bits per heavy atom. The molecule has 2 aromatic heterocycles. The number of amides is 1. The van der Waals surface area contributed by atoms with Gasteiger partial charge in [-0.2, -0.15) is 5.26 Å². The van der Waals surface area contributed by atoms with Crippen LogP contribution in [0.1, 0.15) is 21.6 Å². The van der Waals surface area contributed by atoms with Gasteiger partial charge >= 0.3 is 0 Å². The maximum Gasteiger partial charge on any atom is 0.251 e. The van der Waals surface area contributed by atoms with Crippen LogP contribution in [0.2, 0.25) is 5.02 Å². The fraction of sp³-hybridized carbons (Fsp3) is 0.118. The Bertz CT molecular complexity index is 910. The lowest BCUT2D eigenvalue weighted by Gasteiger charge is -2.04. The van der Waals surface area contributed by atoms with Gasteiger partial charge in [-0.25, -0.2) is 4.98 Å². The number of halogens is 1. The molecule has 0 aliphatic rings. The molecule has 1 amide bonds. The molecular formula is C17H13ClN4O. The lowest BCUT2D eigenvalue weighted by atomic mass is 10.1. The summed E-state index contributed by atoms with van der Waals surface area (Å²) in [5.74, 6) is -0.200. The highest BCUT2D eigenvalue weighted by Gasteiger charge is 2.07. The zero-order valence-electron chi connectivity index (χ0n) is 12.2. The molecule has 5 nitrogen and oxygen atoms in total. The average Bonchev–Trinajstić information content (AvgIpc) is 2.96. The van der Waals surface area contributed by atoms with E-state index in [2.05, 4.69) is 10.3 Å². The second kappa shape index (κ2) is 6.51. The van der Waals surface area contributed by atoms with E-state index in [1.807, 2.05) is 22.7 Å². The van der Waals surface area contributed by atoms with E-state index in [-0.39, 0.29) is 5.91 Å². The van der Waals surface area contributed by atoms with Gasteiger partial charge in [-0.15, -0.1) is 0 Å². The van der Waals surface area contributed by atoms with Crippen LogP contribution in [0.15, 0.2) is 48.8 Å². The first-order valence-corrected chi connectivity index (χ1v) is 7.45.